The molecule has 0 radical (unpaired) electrons. The Morgan fingerprint density at radius 2 is 1.79 bits per heavy atom. The normalized spacial score (nSPS) is 15.4. The highest BCUT2D eigenvalue weighted by atomic mass is 32.1. The van der Waals surface area contributed by atoms with E-state index in [0.717, 1.165) is 11.3 Å². The number of rotatable bonds is 7. The third-order valence-electron chi connectivity index (χ3n) is 4.55. The van der Waals surface area contributed by atoms with E-state index >= 15 is 0 Å². The number of carbonyl (C=O) groups is 2. The lowest BCUT2D eigenvalue weighted by Crippen LogP contribution is -2.42. The molecule has 1 aromatic carbocycles. The molecule has 4 rings (SSSR count). The molecule has 0 spiro atoms. The third kappa shape index (κ3) is 4.43. The highest BCUT2D eigenvalue weighted by molar-refractivity contribution is 7.10. The first-order valence-electron chi connectivity index (χ1n) is 9.08. The number of hydrogen-bond acceptors (Lipinski definition) is 5. The molecule has 2 aromatic heterocycles. The van der Waals surface area contributed by atoms with Crippen molar-refractivity contribution in [2.75, 3.05) is 11.9 Å². The Kier molecular flexibility index (Phi) is 5.73. The van der Waals surface area contributed by atoms with Crippen molar-refractivity contribution in [3.05, 3.63) is 69.0 Å². The first-order chi connectivity index (χ1) is 13.7. The Labute approximate surface area is 171 Å². The number of para-hydroxylation sites is 2. The van der Waals surface area contributed by atoms with Gasteiger partial charge in [-0.2, -0.15) is 0 Å². The van der Waals surface area contributed by atoms with Gasteiger partial charge < -0.3 is 15.0 Å². The van der Waals surface area contributed by atoms with Crippen molar-refractivity contribution in [1.29, 1.82) is 0 Å². The minimum absolute atomic E-state index is 0.0238. The van der Waals surface area contributed by atoms with E-state index in [0.29, 0.717) is 24.5 Å². The molecule has 0 aliphatic carbocycles. The van der Waals surface area contributed by atoms with Crippen LogP contribution in [-0.2, 0) is 22.6 Å². The summed E-state index contributed by atoms with van der Waals surface area (Å²) in [5, 5.41) is 6.87. The molecule has 7 heteroatoms. The van der Waals surface area contributed by atoms with Crippen LogP contribution in [-0.4, -0.2) is 29.4 Å². The Morgan fingerprint density at radius 1 is 1.04 bits per heavy atom. The van der Waals surface area contributed by atoms with Gasteiger partial charge in [0.2, 0.25) is 5.91 Å². The Balaban J connectivity index is 1.44. The fourth-order valence-corrected chi connectivity index (χ4v) is 4.51. The molecular formula is C21H20N2O3S2. The van der Waals surface area contributed by atoms with Crippen LogP contribution in [0.1, 0.15) is 16.2 Å². The van der Waals surface area contributed by atoms with Crippen molar-refractivity contribution in [2.45, 2.75) is 25.5 Å². The predicted molar refractivity (Wildman–Crippen MR) is 112 cm³/mol. The molecule has 3 aromatic rings. The standard InChI is InChI=1S/C21H20N2O3S2/c24-20(13-19-21(25)22-17-7-1-2-8-18(17)26-19)23(14-16-6-4-12-28-16)10-9-15-5-3-11-27-15/h1-8,11-12,19H,9-10,13-14H2,(H,22,25). The third-order valence-corrected chi connectivity index (χ3v) is 6.35. The summed E-state index contributed by atoms with van der Waals surface area (Å²) in [5.41, 5.74) is 0.643. The molecule has 2 amide bonds. The van der Waals surface area contributed by atoms with Gasteiger partial charge in [0, 0.05) is 16.3 Å². The van der Waals surface area contributed by atoms with Crippen molar-refractivity contribution in [2.24, 2.45) is 0 Å². The summed E-state index contributed by atoms with van der Waals surface area (Å²) in [6.45, 7) is 1.16. The summed E-state index contributed by atoms with van der Waals surface area (Å²) in [6.07, 6.45) is 0.0145. The van der Waals surface area contributed by atoms with E-state index in [9.17, 15) is 9.59 Å². The van der Waals surface area contributed by atoms with Gasteiger partial charge in [-0.3, -0.25) is 9.59 Å². The van der Waals surface area contributed by atoms with Crippen LogP contribution in [0.5, 0.6) is 5.75 Å². The average Bonchev–Trinajstić information content (AvgIpc) is 3.39. The van der Waals surface area contributed by atoms with E-state index in [1.54, 1.807) is 34.8 Å². The number of amides is 2. The smallest absolute Gasteiger partial charge is 0.266 e. The second kappa shape index (κ2) is 8.58. The van der Waals surface area contributed by atoms with Crippen LogP contribution < -0.4 is 10.1 Å². The number of nitrogens with zero attached hydrogens (tertiary/aromatic N) is 1. The molecular weight excluding hydrogens is 392 g/mol. The zero-order chi connectivity index (χ0) is 19.3. The SMILES string of the molecule is O=C1Nc2ccccc2OC1CC(=O)N(CCc1cccs1)Cc1cccs1. The van der Waals surface area contributed by atoms with Crippen LogP contribution in [0.3, 0.4) is 0 Å². The van der Waals surface area contributed by atoms with Crippen LogP contribution >= 0.6 is 22.7 Å². The highest BCUT2D eigenvalue weighted by Crippen LogP contribution is 2.30. The van der Waals surface area contributed by atoms with Crippen LogP contribution in [0.2, 0.25) is 0 Å². The van der Waals surface area contributed by atoms with Crippen molar-refractivity contribution in [1.82, 2.24) is 4.90 Å². The van der Waals surface area contributed by atoms with E-state index < -0.39 is 6.10 Å². The lowest BCUT2D eigenvalue weighted by Gasteiger charge is -2.28. The molecule has 28 heavy (non-hydrogen) atoms. The number of ether oxygens (including phenoxy) is 1. The number of nitrogens with one attached hydrogen (secondary N) is 1. The first-order valence-corrected chi connectivity index (χ1v) is 10.8. The molecule has 0 fully saturated rings. The molecule has 0 saturated carbocycles. The van der Waals surface area contributed by atoms with Crippen LogP contribution in [0.4, 0.5) is 5.69 Å². The minimum Gasteiger partial charge on any atom is -0.478 e. The van der Waals surface area contributed by atoms with Crippen molar-refractivity contribution >= 4 is 40.2 Å². The van der Waals surface area contributed by atoms with E-state index in [1.807, 2.05) is 46.0 Å². The van der Waals surface area contributed by atoms with Crippen LogP contribution in [0.25, 0.3) is 0 Å². The number of fused-ring (bicyclic) bond motifs is 1. The molecule has 1 aliphatic rings. The quantitative estimate of drug-likeness (QED) is 0.634. The Morgan fingerprint density at radius 3 is 2.54 bits per heavy atom. The zero-order valence-electron chi connectivity index (χ0n) is 15.2. The fourth-order valence-electron chi connectivity index (χ4n) is 3.10. The topological polar surface area (TPSA) is 58.6 Å². The Hall–Kier alpha value is -2.64. The van der Waals surface area contributed by atoms with Gasteiger partial charge in [0.1, 0.15) is 5.75 Å². The van der Waals surface area contributed by atoms with E-state index in [2.05, 4.69) is 11.4 Å². The van der Waals surface area contributed by atoms with Gasteiger partial charge in [0.25, 0.3) is 5.91 Å². The summed E-state index contributed by atoms with van der Waals surface area (Å²) in [7, 11) is 0. The minimum atomic E-state index is -0.810. The van der Waals surface area contributed by atoms with Gasteiger partial charge >= 0.3 is 0 Å². The van der Waals surface area contributed by atoms with E-state index in [4.69, 9.17) is 4.74 Å². The second-order valence-electron chi connectivity index (χ2n) is 6.52. The molecule has 0 bridgehead atoms. The number of thiophene rings is 2. The average molecular weight is 413 g/mol. The van der Waals surface area contributed by atoms with Gasteiger partial charge in [-0.25, -0.2) is 0 Å². The Bertz CT molecular complexity index is 938. The molecule has 3 heterocycles. The molecule has 1 unspecified atom stereocenters. The van der Waals surface area contributed by atoms with Gasteiger partial charge in [-0.1, -0.05) is 24.3 Å². The van der Waals surface area contributed by atoms with E-state index in [1.165, 1.54) is 4.88 Å². The summed E-state index contributed by atoms with van der Waals surface area (Å²) in [4.78, 5) is 29.6. The number of hydrogen-bond donors (Lipinski definition) is 1. The molecule has 144 valence electrons. The maximum Gasteiger partial charge on any atom is 0.266 e. The summed E-state index contributed by atoms with van der Waals surface area (Å²) in [6, 6.07) is 15.4. The summed E-state index contributed by atoms with van der Waals surface area (Å²) < 4.78 is 5.80. The lowest BCUT2D eigenvalue weighted by molar-refractivity contribution is -0.137. The van der Waals surface area contributed by atoms with Crippen molar-refractivity contribution < 1.29 is 14.3 Å². The second-order valence-corrected chi connectivity index (χ2v) is 8.58. The van der Waals surface area contributed by atoms with Crippen LogP contribution in [0, 0.1) is 0 Å². The fraction of sp³-hybridized carbons (Fsp3) is 0.238. The van der Waals surface area contributed by atoms with Gasteiger partial charge in [-0.15, -0.1) is 22.7 Å². The zero-order valence-corrected chi connectivity index (χ0v) is 16.8. The van der Waals surface area contributed by atoms with Crippen LogP contribution in [0.15, 0.2) is 59.3 Å². The first kappa shape index (κ1) is 18.7. The molecule has 1 aliphatic heterocycles. The molecule has 5 nitrogen and oxygen atoms in total. The highest BCUT2D eigenvalue weighted by Gasteiger charge is 2.31. The number of benzene rings is 1. The number of carbonyl (C=O) groups excluding carboxylic acids is 2. The van der Waals surface area contributed by atoms with Gasteiger partial charge in [0.15, 0.2) is 6.10 Å². The molecule has 1 atom stereocenters. The van der Waals surface area contributed by atoms with Crippen molar-refractivity contribution in [3.63, 3.8) is 0 Å². The molecule has 1 N–H and O–H groups in total. The van der Waals surface area contributed by atoms with Gasteiger partial charge in [-0.05, 0) is 41.4 Å². The largest absolute Gasteiger partial charge is 0.478 e. The van der Waals surface area contributed by atoms with Gasteiger partial charge in [0.05, 0.1) is 18.7 Å². The maximum absolute atomic E-state index is 13.0. The molecule has 0 saturated heterocycles. The summed E-state index contributed by atoms with van der Waals surface area (Å²) >= 11 is 3.32. The van der Waals surface area contributed by atoms with Crippen molar-refractivity contribution in [3.8, 4) is 5.75 Å². The number of anilines is 1. The summed E-state index contributed by atoms with van der Waals surface area (Å²) in [5.74, 6) is 0.245. The predicted octanol–water partition coefficient (Wildman–Crippen LogP) is 4.17. The van der Waals surface area contributed by atoms with E-state index in [-0.39, 0.29) is 18.2 Å². The monoisotopic (exact) mass is 412 g/mol. The maximum atomic E-state index is 13.0. The lowest BCUT2D eigenvalue weighted by atomic mass is 10.1.